The van der Waals surface area contributed by atoms with Crippen LogP contribution in [0.3, 0.4) is 0 Å². The van der Waals surface area contributed by atoms with Crippen LogP contribution in [-0.4, -0.2) is 21.5 Å². The van der Waals surface area contributed by atoms with Gasteiger partial charge in [0.05, 0.1) is 5.69 Å². The summed E-state index contributed by atoms with van der Waals surface area (Å²) in [5, 5.41) is 11.5. The van der Waals surface area contributed by atoms with Crippen LogP contribution in [0.2, 0.25) is 5.15 Å². The molecule has 2 rings (SSSR count). The maximum Gasteiger partial charge on any atom is 0.175 e. The van der Waals surface area contributed by atoms with Gasteiger partial charge in [0.25, 0.3) is 0 Å². The number of nitrogens with one attached hydrogen (secondary N) is 1. The van der Waals surface area contributed by atoms with Crippen LogP contribution >= 0.6 is 24.0 Å². The summed E-state index contributed by atoms with van der Waals surface area (Å²) in [5.74, 6) is 0. The van der Waals surface area contributed by atoms with E-state index in [1.165, 1.54) is 0 Å². The maximum atomic E-state index is 5.80. The molecule has 0 aromatic carbocycles. The van der Waals surface area contributed by atoms with Gasteiger partial charge in [-0.3, -0.25) is 0 Å². The van der Waals surface area contributed by atoms with Crippen molar-refractivity contribution < 1.29 is 0 Å². The van der Waals surface area contributed by atoms with Crippen LogP contribution < -0.4 is 5.32 Å². The van der Waals surface area contributed by atoms with E-state index in [4.69, 9.17) is 11.6 Å². The first-order valence-corrected chi connectivity index (χ1v) is 4.04. The molecule has 0 aliphatic carbocycles. The Morgan fingerprint density at radius 1 is 1.50 bits per heavy atom. The molecule has 4 nitrogen and oxygen atoms in total. The van der Waals surface area contributed by atoms with Crippen molar-refractivity contribution in [3.63, 3.8) is 0 Å². The van der Waals surface area contributed by atoms with E-state index >= 15 is 0 Å². The normalized spacial score (nSPS) is 16.1. The molecule has 0 atom stereocenters. The van der Waals surface area contributed by atoms with Crippen molar-refractivity contribution in [2.24, 2.45) is 0 Å². The zero-order valence-corrected chi connectivity index (χ0v) is 8.03. The van der Waals surface area contributed by atoms with Crippen LogP contribution in [0.15, 0.2) is 0 Å². The molecular weight excluding hydrogens is 199 g/mol. The molecule has 1 N–H and O–H groups in total. The van der Waals surface area contributed by atoms with Crippen molar-refractivity contribution in [3.05, 3.63) is 10.8 Å². The summed E-state index contributed by atoms with van der Waals surface area (Å²) in [6, 6.07) is 0. The minimum absolute atomic E-state index is 0. The Balaban J connectivity index is 0.000000720. The molecule has 6 heteroatoms. The van der Waals surface area contributed by atoms with Gasteiger partial charge in [0.1, 0.15) is 0 Å². The van der Waals surface area contributed by atoms with Gasteiger partial charge in [0.2, 0.25) is 0 Å². The van der Waals surface area contributed by atoms with E-state index in [2.05, 4.69) is 15.6 Å². The third kappa shape index (κ3) is 1.71. The lowest BCUT2D eigenvalue weighted by molar-refractivity contribution is 0.566. The Morgan fingerprint density at radius 2 is 2.33 bits per heavy atom. The zero-order chi connectivity index (χ0) is 7.68. The predicted octanol–water partition coefficient (Wildman–Crippen LogP) is 0.847. The second kappa shape index (κ2) is 4.07. The lowest BCUT2D eigenvalue weighted by atomic mass is 10.4. The van der Waals surface area contributed by atoms with E-state index in [-0.39, 0.29) is 12.4 Å². The average molecular weight is 209 g/mol. The topological polar surface area (TPSA) is 42.7 Å². The smallest absolute Gasteiger partial charge is 0.175 e. The third-order valence-corrected chi connectivity index (χ3v) is 2.10. The highest BCUT2D eigenvalue weighted by Crippen LogP contribution is 2.13. The van der Waals surface area contributed by atoms with Gasteiger partial charge in [0, 0.05) is 13.1 Å². The summed E-state index contributed by atoms with van der Waals surface area (Å²) in [7, 11) is 0. The van der Waals surface area contributed by atoms with Gasteiger partial charge in [-0.2, -0.15) is 0 Å². The second-order valence-corrected chi connectivity index (χ2v) is 2.94. The SMILES string of the molecule is Cl.Clc1nnn2c1CNCCC2. The molecule has 0 saturated heterocycles. The highest BCUT2D eigenvalue weighted by atomic mass is 35.5. The first-order valence-electron chi connectivity index (χ1n) is 3.66. The molecule has 2 heterocycles. The van der Waals surface area contributed by atoms with E-state index in [0.29, 0.717) is 5.15 Å². The number of nitrogens with zero attached hydrogens (tertiary/aromatic N) is 3. The lowest BCUT2D eigenvalue weighted by Gasteiger charge is -1.97. The molecule has 0 amide bonds. The summed E-state index contributed by atoms with van der Waals surface area (Å²) >= 11 is 5.80. The molecule has 0 saturated carbocycles. The monoisotopic (exact) mass is 208 g/mol. The first kappa shape index (κ1) is 9.77. The second-order valence-electron chi connectivity index (χ2n) is 2.58. The van der Waals surface area contributed by atoms with Crippen LogP contribution in [0, 0.1) is 0 Å². The molecule has 0 radical (unpaired) electrons. The molecule has 0 fully saturated rings. The first-order chi connectivity index (χ1) is 5.38. The van der Waals surface area contributed by atoms with Gasteiger partial charge in [0.15, 0.2) is 5.15 Å². The summed E-state index contributed by atoms with van der Waals surface area (Å²) in [5.41, 5.74) is 1.00. The van der Waals surface area contributed by atoms with Crippen molar-refractivity contribution in [1.29, 1.82) is 0 Å². The number of aromatic nitrogens is 3. The van der Waals surface area contributed by atoms with Crippen LogP contribution in [0.1, 0.15) is 12.1 Å². The fraction of sp³-hybridized carbons (Fsp3) is 0.667. The minimum Gasteiger partial charge on any atom is -0.311 e. The van der Waals surface area contributed by atoms with Crippen LogP contribution in [0.25, 0.3) is 0 Å². The summed E-state index contributed by atoms with van der Waals surface area (Å²) < 4.78 is 1.86. The Kier molecular flexibility index (Phi) is 3.31. The van der Waals surface area contributed by atoms with Gasteiger partial charge >= 0.3 is 0 Å². The Labute approximate surface area is 81.7 Å². The van der Waals surface area contributed by atoms with Crippen molar-refractivity contribution >= 4 is 24.0 Å². The van der Waals surface area contributed by atoms with Crippen LogP contribution in [0.4, 0.5) is 0 Å². The molecular formula is C6H10Cl2N4. The molecule has 1 aliphatic rings. The highest BCUT2D eigenvalue weighted by Gasteiger charge is 2.12. The third-order valence-electron chi connectivity index (χ3n) is 1.81. The maximum absolute atomic E-state index is 5.80. The number of fused-ring (bicyclic) bond motifs is 1. The van der Waals surface area contributed by atoms with Crippen molar-refractivity contribution in [3.8, 4) is 0 Å². The van der Waals surface area contributed by atoms with Crippen LogP contribution in [-0.2, 0) is 13.1 Å². The molecule has 68 valence electrons. The number of rotatable bonds is 0. The Bertz CT molecular complexity index is 260. The molecule has 1 aromatic heterocycles. The van der Waals surface area contributed by atoms with E-state index in [1.807, 2.05) is 4.68 Å². The quantitative estimate of drug-likeness (QED) is 0.688. The van der Waals surface area contributed by atoms with E-state index in [1.54, 1.807) is 0 Å². The van der Waals surface area contributed by atoms with E-state index in [0.717, 1.165) is 31.7 Å². The number of hydrogen-bond donors (Lipinski definition) is 1. The van der Waals surface area contributed by atoms with Crippen LogP contribution in [0.5, 0.6) is 0 Å². The van der Waals surface area contributed by atoms with E-state index < -0.39 is 0 Å². The van der Waals surface area contributed by atoms with Gasteiger partial charge in [-0.25, -0.2) is 4.68 Å². The van der Waals surface area contributed by atoms with Gasteiger partial charge in [-0.1, -0.05) is 16.8 Å². The summed E-state index contributed by atoms with van der Waals surface area (Å²) in [6.45, 7) is 2.73. The predicted molar refractivity (Wildman–Crippen MR) is 48.6 cm³/mol. The van der Waals surface area contributed by atoms with E-state index in [9.17, 15) is 0 Å². The fourth-order valence-corrected chi connectivity index (χ4v) is 1.41. The average Bonchev–Trinajstić information content (AvgIpc) is 2.25. The standard InChI is InChI=1S/C6H9ClN4.ClH/c7-6-5-4-8-2-1-3-11(5)10-9-6;/h8H,1-4H2;1H. The molecule has 0 spiro atoms. The zero-order valence-electron chi connectivity index (χ0n) is 6.46. The largest absolute Gasteiger partial charge is 0.311 e. The lowest BCUT2D eigenvalue weighted by Crippen LogP contribution is -2.12. The highest BCUT2D eigenvalue weighted by molar-refractivity contribution is 6.29. The van der Waals surface area contributed by atoms with Gasteiger partial charge in [-0.05, 0) is 13.0 Å². The van der Waals surface area contributed by atoms with Gasteiger partial charge in [-0.15, -0.1) is 17.5 Å². The summed E-state index contributed by atoms with van der Waals surface area (Å²) in [6.07, 6.45) is 1.09. The van der Waals surface area contributed by atoms with Gasteiger partial charge < -0.3 is 5.32 Å². The Morgan fingerprint density at radius 3 is 3.17 bits per heavy atom. The minimum atomic E-state index is 0. The summed E-state index contributed by atoms with van der Waals surface area (Å²) in [4.78, 5) is 0. The molecule has 0 unspecified atom stereocenters. The van der Waals surface area contributed by atoms with Crippen molar-refractivity contribution in [1.82, 2.24) is 20.3 Å². The molecule has 12 heavy (non-hydrogen) atoms. The molecule has 1 aromatic rings. The number of aryl methyl sites for hydroxylation is 1. The molecule has 1 aliphatic heterocycles. The molecule has 0 bridgehead atoms. The fourth-order valence-electron chi connectivity index (χ4n) is 1.22. The Hall–Kier alpha value is -0.320. The number of hydrogen-bond acceptors (Lipinski definition) is 3. The number of halogens is 2. The van der Waals surface area contributed by atoms with Crippen molar-refractivity contribution in [2.75, 3.05) is 6.54 Å². The van der Waals surface area contributed by atoms with Crippen molar-refractivity contribution in [2.45, 2.75) is 19.5 Å².